The molecule has 2 saturated heterocycles. The van der Waals surface area contributed by atoms with Gasteiger partial charge in [-0.1, -0.05) is 30.3 Å². The van der Waals surface area contributed by atoms with E-state index in [9.17, 15) is 0 Å². The molecule has 1 aromatic carbocycles. The lowest BCUT2D eigenvalue weighted by atomic mass is 10.1. The Bertz CT molecular complexity index is 740. The first-order valence-corrected chi connectivity index (χ1v) is 10.2. The molecule has 2 aromatic rings. The Labute approximate surface area is 163 Å². The lowest BCUT2D eigenvalue weighted by Gasteiger charge is -2.37. The van der Waals surface area contributed by atoms with Gasteiger partial charge in [-0.25, -0.2) is 4.98 Å². The molecular formula is C22H31N5. The van der Waals surface area contributed by atoms with Gasteiger partial charge in [0.05, 0.1) is 11.4 Å². The van der Waals surface area contributed by atoms with E-state index in [-0.39, 0.29) is 0 Å². The van der Waals surface area contributed by atoms with Gasteiger partial charge in [0.2, 0.25) is 0 Å². The topological polar surface area (TPSA) is 35.5 Å². The average molecular weight is 366 g/mol. The van der Waals surface area contributed by atoms with Crippen molar-refractivity contribution in [3.8, 4) is 0 Å². The molecular weight excluding hydrogens is 334 g/mol. The minimum absolute atomic E-state index is 0.806. The molecule has 5 nitrogen and oxygen atoms in total. The summed E-state index contributed by atoms with van der Waals surface area (Å²) in [5.41, 5.74) is 3.48. The summed E-state index contributed by atoms with van der Waals surface area (Å²) in [5, 5.41) is 0. The molecule has 0 amide bonds. The van der Waals surface area contributed by atoms with E-state index in [1.165, 1.54) is 31.6 Å². The highest BCUT2D eigenvalue weighted by atomic mass is 15.3. The van der Waals surface area contributed by atoms with Crippen molar-refractivity contribution >= 4 is 5.82 Å². The number of rotatable bonds is 5. The summed E-state index contributed by atoms with van der Waals surface area (Å²) >= 11 is 0. The summed E-state index contributed by atoms with van der Waals surface area (Å²) in [6, 6.07) is 10.9. The van der Waals surface area contributed by atoms with E-state index in [0.717, 1.165) is 55.8 Å². The minimum Gasteiger partial charge on any atom is -0.353 e. The van der Waals surface area contributed by atoms with Gasteiger partial charge in [0.25, 0.3) is 0 Å². The molecule has 0 spiro atoms. The van der Waals surface area contributed by atoms with Crippen LogP contribution in [0.1, 0.15) is 23.4 Å². The predicted molar refractivity (Wildman–Crippen MR) is 110 cm³/mol. The van der Waals surface area contributed by atoms with Gasteiger partial charge >= 0.3 is 0 Å². The molecule has 3 heterocycles. The van der Waals surface area contributed by atoms with Crippen LogP contribution in [0.25, 0.3) is 0 Å². The summed E-state index contributed by atoms with van der Waals surface area (Å²) < 4.78 is 0. The zero-order valence-corrected chi connectivity index (χ0v) is 16.6. The Hall–Kier alpha value is -1.98. The molecule has 5 heteroatoms. The second-order valence-corrected chi connectivity index (χ2v) is 8.08. The lowest BCUT2D eigenvalue weighted by Crippen LogP contribution is -2.48. The predicted octanol–water partition coefficient (Wildman–Crippen LogP) is 2.74. The highest BCUT2D eigenvalue weighted by molar-refractivity contribution is 5.43. The van der Waals surface area contributed by atoms with Crippen LogP contribution in [0.3, 0.4) is 0 Å². The largest absolute Gasteiger partial charge is 0.353 e. The highest BCUT2D eigenvalue weighted by Gasteiger charge is 2.27. The van der Waals surface area contributed by atoms with Gasteiger partial charge in [-0.05, 0) is 38.3 Å². The maximum absolute atomic E-state index is 4.71. The molecule has 0 radical (unpaired) electrons. The third-order valence-corrected chi connectivity index (χ3v) is 5.86. The zero-order chi connectivity index (χ0) is 18.6. The van der Waals surface area contributed by atoms with Crippen LogP contribution >= 0.6 is 0 Å². The number of nitrogens with zero attached hydrogens (tertiary/aromatic N) is 5. The van der Waals surface area contributed by atoms with Crippen LogP contribution in [0.2, 0.25) is 0 Å². The normalized spacial score (nSPS) is 21.7. The van der Waals surface area contributed by atoms with Gasteiger partial charge in [0.1, 0.15) is 5.82 Å². The van der Waals surface area contributed by atoms with E-state index >= 15 is 0 Å². The van der Waals surface area contributed by atoms with Crippen molar-refractivity contribution < 1.29 is 0 Å². The minimum atomic E-state index is 0.806. The van der Waals surface area contributed by atoms with Gasteiger partial charge in [-0.15, -0.1) is 0 Å². The molecule has 0 bridgehead atoms. The summed E-state index contributed by atoms with van der Waals surface area (Å²) in [4.78, 5) is 16.9. The molecule has 2 aliphatic rings. The first kappa shape index (κ1) is 18.4. The van der Waals surface area contributed by atoms with Crippen LogP contribution in [-0.2, 0) is 6.54 Å². The number of likely N-dealkylation sites (tertiary alicyclic amines) is 1. The molecule has 144 valence electrons. The fourth-order valence-corrected chi connectivity index (χ4v) is 4.38. The maximum atomic E-state index is 4.71. The summed E-state index contributed by atoms with van der Waals surface area (Å²) in [7, 11) is 0. The molecule has 1 atom stereocenters. The molecule has 1 aromatic heterocycles. The van der Waals surface area contributed by atoms with Crippen LogP contribution < -0.4 is 4.90 Å². The monoisotopic (exact) mass is 365 g/mol. The van der Waals surface area contributed by atoms with Crippen molar-refractivity contribution in [1.29, 1.82) is 0 Å². The maximum Gasteiger partial charge on any atom is 0.150 e. The van der Waals surface area contributed by atoms with Crippen molar-refractivity contribution in [3.63, 3.8) is 0 Å². The van der Waals surface area contributed by atoms with Gasteiger partial charge < -0.3 is 4.90 Å². The molecule has 0 aliphatic carbocycles. The Kier molecular flexibility index (Phi) is 5.69. The van der Waals surface area contributed by atoms with Crippen molar-refractivity contribution in [2.45, 2.75) is 26.8 Å². The van der Waals surface area contributed by atoms with Crippen LogP contribution in [0, 0.1) is 19.8 Å². The van der Waals surface area contributed by atoms with Crippen LogP contribution in [-0.4, -0.2) is 65.6 Å². The van der Waals surface area contributed by atoms with Crippen LogP contribution in [0.4, 0.5) is 5.82 Å². The third-order valence-electron chi connectivity index (χ3n) is 5.86. The quantitative estimate of drug-likeness (QED) is 0.814. The Morgan fingerprint density at radius 1 is 0.963 bits per heavy atom. The first-order chi connectivity index (χ1) is 13.2. The number of aromatic nitrogens is 2. The molecule has 27 heavy (non-hydrogen) atoms. The zero-order valence-electron chi connectivity index (χ0n) is 16.6. The van der Waals surface area contributed by atoms with Crippen molar-refractivity contribution in [2.24, 2.45) is 5.92 Å². The van der Waals surface area contributed by atoms with E-state index < -0.39 is 0 Å². The van der Waals surface area contributed by atoms with Gasteiger partial charge in [0.15, 0.2) is 0 Å². The summed E-state index contributed by atoms with van der Waals surface area (Å²) in [6.07, 6.45) is 3.19. The molecule has 4 rings (SSSR count). The molecule has 0 N–H and O–H groups in total. The fourth-order valence-electron chi connectivity index (χ4n) is 4.38. The highest BCUT2D eigenvalue weighted by Crippen LogP contribution is 2.22. The lowest BCUT2D eigenvalue weighted by molar-refractivity contribution is 0.213. The summed E-state index contributed by atoms with van der Waals surface area (Å²) in [5.74, 6) is 1.88. The van der Waals surface area contributed by atoms with Gasteiger partial charge in [-0.2, -0.15) is 0 Å². The van der Waals surface area contributed by atoms with E-state index in [1.54, 1.807) is 0 Å². The number of piperazine rings is 1. The van der Waals surface area contributed by atoms with E-state index in [2.05, 4.69) is 56.9 Å². The second-order valence-electron chi connectivity index (χ2n) is 8.08. The smallest absolute Gasteiger partial charge is 0.150 e. The fraction of sp³-hybridized carbons (Fsp3) is 0.545. The molecule has 2 fully saturated rings. The third kappa shape index (κ3) is 4.66. The standard InChI is InChI=1S/C22H31N5/c1-18-14-23-19(2)22(24-18)27-12-10-25(11-13-27)16-21-8-9-26(17-21)15-20-6-4-3-5-7-20/h3-7,14,21H,8-13,15-17H2,1-2H3/t21-/m0/s1. The van der Waals surface area contributed by atoms with Crippen LogP contribution in [0.5, 0.6) is 0 Å². The first-order valence-electron chi connectivity index (χ1n) is 10.2. The number of benzene rings is 1. The molecule has 2 aliphatic heterocycles. The number of aryl methyl sites for hydroxylation is 2. The Morgan fingerprint density at radius 3 is 2.52 bits per heavy atom. The molecule has 0 unspecified atom stereocenters. The van der Waals surface area contributed by atoms with E-state index in [0.29, 0.717) is 0 Å². The van der Waals surface area contributed by atoms with Crippen molar-refractivity contribution in [2.75, 3.05) is 50.7 Å². The Morgan fingerprint density at radius 2 is 1.74 bits per heavy atom. The van der Waals surface area contributed by atoms with Gasteiger partial charge in [0, 0.05) is 52.0 Å². The second kappa shape index (κ2) is 8.36. The number of hydrogen-bond donors (Lipinski definition) is 0. The van der Waals surface area contributed by atoms with Crippen LogP contribution in [0.15, 0.2) is 36.5 Å². The molecule has 0 saturated carbocycles. The van der Waals surface area contributed by atoms with Gasteiger partial charge in [-0.3, -0.25) is 14.8 Å². The summed E-state index contributed by atoms with van der Waals surface area (Å²) in [6.45, 7) is 13.2. The SMILES string of the molecule is Cc1cnc(C)c(N2CCN(C[C@@H]3CCN(Cc4ccccc4)C3)CC2)n1. The van der Waals surface area contributed by atoms with E-state index in [4.69, 9.17) is 4.98 Å². The van der Waals surface area contributed by atoms with E-state index in [1.807, 2.05) is 13.1 Å². The van der Waals surface area contributed by atoms with Crippen molar-refractivity contribution in [3.05, 3.63) is 53.5 Å². The average Bonchev–Trinajstić information content (AvgIpc) is 3.12. The number of anilines is 1. The number of hydrogen-bond acceptors (Lipinski definition) is 5. The van der Waals surface area contributed by atoms with Crippen molar-refractivity contribution in [1.82, 2.24) is 19.8 Å². The Balaban J connectivity index is 1.24.